The first-order valence-electron chi connectivity index (χ1n) is 8.63. The van der Waals surface area contributed by atoms with Crippen molar-refractivity contribution in [3.63, 3.8) is 0 Å². The van der Waals surface area contributed by atoms with E-state index in [0.29, 0.717) is 35.6 Å². The predicted octanol–water partition coefficient (Wildman–Crippen LogP) is 5.69. The van der Waals surface area contributed by atoms with Crippen LogP contribution in [0.2, 0.25) is 10.0 Å². The summed E-state index contributed by atoms with van der Waals surface area (Å²) >= 11 is 12.1. The molecule has 0 atom stereocenters. The fraction of sp³-hybridized carbons (Fsp3) is 0.263. The summed E-state index contributed by atoms with van der Waals surface area (Å²) in [6.45, 7) is 0.792. The van der Waals surface area contributed by atoms with Crippen LogP contribution >= 0.6 is 23.2 Å². The maximum atomic E-state index is 13.6. The van der Waals surface area contributed by atoms with Gasteiger partial charge in [-0.05, 0) is 36.8 Å². The molecule has 0 saturated carbocycles. The largest absolute Gasteiger partial charge is 0.465 e. The maximum Gasteiger partial charge on any atom is 0.418 e. The number of aryl methyl sites for hydroxylation is 1. The molecule has 1 aliphatic rings. The lowest BCUT2D eigenvalue weighted by atomic mass is 10.1. The van der Waals surface area contributed by atoms with Crippen LogP contribution < -0.4 is 4.90 Å². The quantitative estimate of drug-likeness (QED) is 0.477. The van der Waals surface area contributed by atoms with Crippen LogP contribution in [0.4, 0.5) is 24.8 Å². The maximum absolute atomic E-state index is 13.6. The minimum atomic E-state index is -4.59. The van der Waals surface area contributed by atoms with Crippen LogP contribution in [0.5, 0.6) is 0 Å². The second-order valence-corrected chi connectivity index (χ2v) is 7.36. The fourth-order valence-corrected chi connectivity index (χ4v) is 3.94. The summed E-state index contributed by atoms with van der Waals surface area (Å²) in [5, 5.41) is 0.282. The number of fused-ring (bicyclic) bond motifs is 3. The molecule has 1 aromatic heterocycles. The van der Waals surface area contributed by atoms with Crippen LogP contribution in [0.15, 0.2) is 30.3 Å². The lowest BCUT2D eigenvalue weighted by molar-refractivity contribution is -0.137. The standard InChI is InChI=1S/C19H14Cl2F3N3O2/c1-29-17(28)11-4-5-13(21)15-16(11)27-8-2-7-26(18(27)25-15)14-6-3-10(20)9-12(14)19(22,23)24/h3-6,9H,2,7-8H2,1H3. The number of aromatic nitrogens is 2. The number of halogens is 5. The SMILES string of the molecule is COC(=O)c1ccc(Cl)c2nc3n(c12)CCCN3c1ccc(Cl)cc1C(F)(F)F. The Hall–Kier alpha value is -2.45. The molecule has 0 bridgehead atoms. The lowest BCUT2D eigenvalue weighted by Crippen LogP contribution is -2.30. The Morgan fingerprint density at radius 3 is 2.62 bits per heavy atom. The molecule has 0 N–H and O–H groups in total. The van der Waals surface area contributed by atoms with E-state index in [4.69, 9.17) is 27.9 Å². The monoisotopic (exact) mass is 443 g/mol. The Morgan fingerprint density at radius 1 is 1.17 bits per heavy atom. The van der Waals surface area contributed by atoms with Gasteiger partial charge in [0.2, 0.25) is 5.95 Å². The Morgan fingerprint density at radius 2 is 1.93 bits per heavy atom. The van der Waals surface area contributed by atoms with E-state index in [-0.39, 0.29) is 22.2 Å². The molecule has 0 aliphatic carbocycles. The molecule has 0 saturated heterocycles. The number of imidazole rings is 1. The van der Waals surface area contributed by atoms with E-state index in [1.54, 1.807) is 4.57 Å². The summed E-state index contributed by atoms with van der Waals surface area (Å²) in [6.07, 6.45) is -4.05. The van der Waals surface area contributed by atoms with Gasteiger partial charge in [0.15, 0.2) is 0 Å². The van der Waals surface area contributed by atoms with E-state index in [1.165, 1.54) is 36.3 Å². The zero-order valence-corrected chi connectivity index (χ0v) is 16.6. The number of ether oxygens (including phenoxy) is 1. The highest BCUT2D eigenvalue weighted by Crippen LogP contribution is 2.43. The van der Waals surface area contributed by atoms with Crippen LogP contribution in [-0.2, 0) is 17.5 Å². The number of carbonyl (C=O) groups is 1. The van der Waals surface area contributed by atoms with E-state index in [2.05, 4.69) is 4.98 Å². The first kappa shape index (κ1) is 19.8. The number of esters is 1. The molecule has 1 aliphatic heterocycles. The van der Waals surface area contributed by atoms with Gasteiger partial charge in [-0.25, -0.2) is 9.78 Å². The number of alkyl halides is 3. The Labute approximate surface area is 173 Å². The second kappa shape index (κ2) is 7.11. The molecule has 0 unspecified atom stereocenters. The van der Waals surface area contributed by atoms with E-state index in [9.17, 15) is 18.0 Å². The Kier molecular flexibility index (Phi) is 4.86. The average molecular weight is 444 g/mol. The number of methoxy groups -OCH3 is 1. The van der Waals surface area contributed by atoms with Crippen LogP contribution in [-0.4, -0.2) is 29.2 Å². The van der Waals surface area contributed by atoms with Crippen molar-refractivity contribution in [2.24, 2.45) is 0 Å². The van der Waals surface area contributed by atoms with Crippen molar-refractivity contribution in [3.05, 3.63) is 51.5 Å². The molecule has 4 rings (SSSR count). The zero-order valence-electron chi connectivity index (χ0n) is 15.1. The second-order valence-electron chi connectivity index (χ2n) is 6.51. The van der Waals surface area contributed by atoms with Crippen LogP contribution in [0.25, 0.3) is 11.0 Å². The predicted molar refractivity (Wildman–Crippen MR) is 104 cm³/mol. The summed E-state index contributed by atoms with van der Waals surface area (Å²) in [5.41, 5.74) is 0.101. The smallest absolute Gasteiger partial charge is 0.418 e. The van der Waals surface area contributed by atoms with Crippen LogP contribution in [0.1, 0.15) is 22.3 Å². The number of anilines is 2. The molecule has 5 nitrogen and oxygen atoms in total. The van der Waals surface area contributed by atoms with E-state index < -0.39 is 17.7 Å². The van der Waals surface area contributed by atoms with Gasteiger partial charge in [-0.15, -0.1) is 0 Å². The first-order valence-corrected chi connectivity index (χ1v) is 9.39. The first-order chi connectivity index (χ1) is 13.7. The van der Waals surface area contributed by atoms with Crippen LogP contribution in [0.3, 0.4) is 0 Å². The number of rotatable bonds is 2. The zero-order chi connectivity index (χ0) is 20.9. The normalized spacial score (nSPS) is 14.2. The van der Waals surface area contributed by atoms with Crippen molar-refractivity contribution >= 4 is 51.8 Å². The van der Waals surface area contributed by atoms with Gasteiger partial charge in [0.05, 0.1) is 34.5 Å². The number of carbonyl (C=O) groups excluding carboxylic acids is 1. The molecular formula is C19H14Cl2F3N3O2. The van der Waals surface area contributed by atoms with Gasteiger partial charge in [0.1, 0.15) is 5.52 Å². The highest BCUT2D eigenvalue weighted by Gasteiger charge is 2.37. The van der Waals surface area contributed by atoms with Crippen molar-refractivity contribution in [1.29, 1.82) is 0 Å². The molecule has 29 heavy (non-hydrogen) atoms. The van der Waals surface area contributed by atoms with E-state index in [0.717, 1.165) is 6.07 Å². The molecular weight excluding hydrogens is 430 g/mol. The minimum absolute atomic E-state index is 0.0115. The third kappa shape index (κ3) is 3.30. The summed E-state index contributed by atoms with van der Waals surface area (Å²) in [6, 6.07) is 6.66. The third-order valence-electron chi connectivity index (χ3n) is 4.79. The van der Waals surface area contributed by atoms with E-state index in [1.807, 2.05) is 0 Å². The van der Waals surface area contributed by atoms with Gasteiger partial charge in [0.25, 0.3) is 0 Å². The minimum Gasteiger partial charge on any atom is -0.465 e. The third-order valence-corrected chi connectivity index (χ3v) is 5.33. The summed E-state index contributed by atoms with van der Waals surface area (Å²) in [5.74, 6) is -0.300. The number of benzene rings is 2. The van der Waals surface area contributed by atoms with Crippen molar-refractivity contribution in [2.45, 2.75) is 19.1 Å². The molecule has 10 heteroatoms. The highest BCUT2D eigenvalue weighted by atomic mass is 35.5. The number of hydrogen-bond acceptors (Lipinski definition) is 4. The fourth-order valence-electron chi connectivity index (χ4n) is 3.57. The Bertz CT molecular complexity index is 1130. The topological polar surface area (TPSA) is 47.4 Å². The van der Waals surface area contributed by atoms with Crippen molar-refractivity contribution in [2.75, 3.05) is 18.6 Å². The van der Waals surface area contributed by atoms with Gasteiger partial charge in [-0.1, -0.05) is 23.2 Å². The summed E-state index contributed by atoms with van der Waals surface area (Å²) < 4.78 is 47.5. The molecule has 0 amide bonds. The molecule has 0 fully saturated rings. The molecule has 152 valence electrons. The van der Waals surface area contributed by atoms with E-state index >= 15 is 0 Å². The molecule has 0 spiro atoms. The van der Waals surface area contributed by atoms with Gasteiger partial charge >= 0.3 is 12.1 Å². The summed E-state index contributed by atoms with van der Waals surface area (Å²) in [7, 11) is 1.26. The average Bonchev–Trinajstić information content (AvgIpc) is 3.08. The van der Waals surface area contributed by atoms with Gasteiger partial charge in [-0.2, -0.15) is 13.2 Å². The van der Waals surface area contributed by atoms with Crippen LogP contribution in [0, 0.1) is 0 Å². The molecule has 0 radical (unpaired) electrons. The lowest BCUT2D eigenvalue weighted by Gasteiger charge is -2.31. The van der Waals surface area contributed by atoms with Gasteiger partial charge < -0.3 is 14.2 Å². The molecule has 3 aromatic rings. The molecule has 2 heterocycles. The van der Waals surface area contributed by atoms with Crippen molar-refractivity contribution < 1.29 is 22.7 Å². The number of hydrogen-bond donors (Lipinski definition) is 0. The molecule has 2 aromatic carbocycles. The highest BCUT2D eigenvalue weighted by molar-refractivity contribution is 6.35. The van der Waals surface area contributed by atoms with Gasteiger partial charge in [0, 0.05) is 18.1 Å². The van der Waals surface area contributed by atoms with Gasteiger partial charge in [-0.3, -0.25) is 0 Å². The van der Waals surface area contributed by atoms with Crippen molar-refractivity contribution in [3.8, 4) is 0 Å². The van der Waals surface area contributed by atoms with Crippen molar-refractivity contribution in [1.82, 2.24) is 9.55 Å². The Balaban J connectivity index is 1.97. The summed E-state index contributed by atoms with van der Waals surface area (Å²) in [4.78, 5) is 18.2. The number of nitrogens with zero attached hydrogens (tertiary/aromatic N) is 3.